The van der Waals surface area contributed by atoms with E-state index in [1.807, 2.05) is 6.07 Å². The summed E-state index contributed by atoms with van der Waals surface area (Å²) >= 11 is 0. The summed E-state index contributed by atoms with van der Waals surface area (Å²) < 4.78 is 38.6. The molecule has 174 valence electrons. The summed E-state index contributed by atoms with van der Waals surface area (Å²) in [5, 5.41) is 6.35. The molecule has 10 heteroatoms. The van der Waals surface area contributed by atoms with E-state index in [1.165, 1.54) is 18.9 Å². The number of hydroxylamine groups is 2. The van der Waals surface area contributed by atoms with Crippen LogP contribution in [-0.2, 0) is 14.4 Å². The first-order chi connectivity index (χ1) is 15.2. The minimum atomic E-state index is -5.30. The molecule has 0 radical (unpaired) electrons. The third-order valence-electron chi connectivity index (χ3n) is 6.12. The molecule has 7 nitrogen and oxygen atoms in total. The zero-order chi connectivity index (χ0) is 22.9. The SMILES string of the molecule is O=C1NCCCCC1N(OC(=O)C(F)(F)F)C(=O)c1cccc(C2CC2NCC2CC2)c1. The monoisotopic (exact) mass is 453 g/mol. The number of nitrogens with one attached hydrogen (secondary N) is 2. The van der Waals surface area contributed by atoms with Gasteiger partial charge in [-0.3, -0.25) is 9.59 Å². The van der Waals surface area contributed by atoms with Crippen LogP contribution < -0.4 is 10.6 Å². The molecule has 3 atom stereocenters. The molecule has 3 fully saturated rings. The largest absolute Gasteiger partial charge is 0.493 e. The van der Waals surface area contributed by atoms with E-state index in [2.05, 4.69) is 15.5 Å². The molecule has 2 N–H and O–H groups in total. The lowest BCUT2D eigenvalue weighted by molar-refractivity contribution is -0.233. The predicted octanol–water partition coefficient (Wildman–Crippen LogP) is 2.67. The van der Waals surface area contributed by atoms with E-state index in [9.17, 15) is 27.6 Å². The summed E-state index contributed by atoms with van der Waals surface area (Å²) in [4.78, 5) is 41.5. The van der Waals surface area contributed by atoms with Gasteiger partial charge in [0.1, 0.15) is 6.04 Å². The van der Waals surface area contributed by atoms with Crippen LogP contribution in [0.1, 0.15) is 60.4 Å². The number of amides is 2. The van der Waals surface area contributed by atoms with Crippen molar-refractivity contribution in [1.82, 2.24) is 15.7 Å². The standard InChI is InChI=1S/C22H26F3N3O4/c23-22(24,25)21(31)32-28(18-6-1-2-9-26-19(18)29)20(30)15-5-3-4-14(10-15)16-11-17(16)27-12-13-7-8-13/h3-5,10,13,16-18,27H,1-2,6-9,11-12H2,(H,26,29). The van der Waals surface area contributed by atoms with Crippen LogP contribution in [0.5, 0.6) is 0 Å². The summed E-state index contributed by atoms with van der Waals surface area (Å²) in [6.07, 6.45) is -0.682. The van der Waals surface area contributed by atoms with E-state index in [4.69, 9.17) is 0 Å². The van der Waals surface area contributed by atoms with Gasteiger partial charge in [-0.1, -0.05) is 12.1 Å². The van der Waals surface area contributed by atoms with Crippen molar-refractivity contribution in [3.63, 3.8) is 0 Å². The summed E-state index contributed by atoms with van der Waals surface area (Å²) in [5.74, 6) is -3.17. The molecule has 1 aliphatic heterocycles. The molecule has 2 saturated carbocycles. The van der Waals surface area contributed by atoms with Crippen molar-refractivity contribution in [3.05, 3.63) is 35.4 Å². The average Bonchev–Trinajstić information content (AvgIpc) is 3.65. The maximum Gasteiger partial charge on any atom is 0.493 e. The van der Waals surface area contributed by atoms with E-state index in [0.29, 0.717) is 30.5 Å². The van der Waals surface area contributed by atoms with Gasteiger partial charge in [-0.25, -0.2) is 4.79 Å². The zero-order valence-electron chi connectivity index (χ0n) is 17.5. The van der Waals surface area contributed by atoms with Gasteiger partial charge in [0.2, 0.25) is 5.91 Å². The number of hydrogen-bond acceptors (Lipinski definition) is 5. The molecule has 0 aromatic heterocycles. The van der Waals surface area contributed by atoms with Crippen molar-refractivity contribution in [2.24, 2.45) is 5.92 Å². The Hall–Kier alpha value is -2.62. The molecule has 32 heavy (non-hydrogen) atoms. The second-order valence-electron chi connectivity index (χ2n) is 8.74. The molecule has 3 unspecified atom stereocenters. The van der Waals surface area contributed by atoms with Crippen LogP contribution in [-0.4, -0.2) is 54.2 Å². The van der Waals surface area contributed by atoms with Crippen molar-refractivity contribution < 1.29 is 32.4 Å². The lowest BCUT2D eigenvalue weighted by atomic mass is 10.0. The van der Waals surface area contributed by atoms with Crippen LogP contribution in [0.15, 0.2) is 24.3 Å². The smallest absolute Gasteiger partial charge is 0.354 e. The number of halogens is 3. The lowest BCUT2D eigenvalue weighted by Gasteiger charge is -2.28. The Morgan fingerprint density at radius 1 is 1.19 bits per heavy atom. The Morgan fingerprint density at radius 2 is 1.97 bits per heavy atom. The third-order valence-corrected chi connectivity index (χ3v) is 6.12. The van der Waals surface area contributed by atoms with Gasteiger partial charge in [0.05, 0.1) is 0 Å². The topological polar surface area (TPSA) is 87.7 Å². The van der Waals surface area contributed by atoms with E-state index >= 15 is 0 Å². The van der Waals surface area contributed by atoms with Gasteiger partial charge in [0, 0.05) is 24.1 Å². The maximum atomic E-state index is 13.2. The Morgan fingerprint density at radius 3 is 2.69 bits per heavy atom. The molecule has 1 saturated heterocycles. The molecule has 4 rings (SSSR count). The van der Waals surface area contributed by atoms with Crippen molar-refractivity contribution in [3.8, 4) is 0 Å². The fourth-order valence-electron chi connectivity index (χ4n) is 3.99. The average molecular weight is 453 g/mol. The highest BCUT2D eigenvalue weighted by molar-refractivity contribution is 5.98. The first-order valence-corrected chi connectivity index (χ1v) is 11.0. The normalized spacial score (nSPS) is 25.5. The maximum absolute atomic E-state index is 13.2. The fraction of sp³-hybridized carbons (Fsp3) is 0.591. The van der Waals surface area contributed by atoms with Gasteiger partial charge < -0.3 is 15.5 Å². The Kier molecular flexibility index (Phi) is 6.41. The van der Waals surface area contributed by atoms with Crippen LogP contribution in [0, 0.1) is 5.92 Å². The predicted molar refractivity (Wildman–Crippen MR) is 107 cm³/mol. The Balaban J connectivity index is 1.52. The highest BCUT2D eigenvalue weighted by Crippen LogP contribution is 2.42. The van der Waals surface area contributed by atoms with Gasteiger partial charge in [0.25, 0.3) is 5.91 Å². The first kappa shape index (κ1) is 22.6. The highest BCUT2D eigenvalue weighted by Gasteiger charge is 2.46. The number of carbonyl (C=O) groups excluding carboxylic acids is 3. The van der Waals surface area contributed by atoms with Gasteiger partial charge in [-0.15, -0.1) is 0 Å². The Bertz CT molecular complexity index is 887. The summed E-state index contributed by atoms with van der Waals surface area (Å²) in [7, 11) is 0. The molecule has 2 amide bonds. The minimum Gasteiger partial charge on any atom is -0.354 e. The minimum absolute atomic E-state index is 0.0716. The number of carbonyl (C=O) groups is 3. The number of benzene rings is 1. The summed E-state index contributed by atoms with van der Waals surface area (Å²) in [6, 6.07) is 5.56. The van der Waals surface area contributed by atoms with Gasteiger partial charge in [0.15, 0.2) is 0 Å². The molecular formula is C22H26F3N3O4. The molecule has 2 aliphatic carbocycles. The van der Waals surface area contributed by atoms with Gasteiger partial charge >= 0.3 is 12.1 Å². The molecular weight excluding hydrogens is 427 g/mol. The second-order valence-corrected chi connectivity index (χ2v) is 8.74. The molecule has 3 aliphatic rings. The van der Waals surface area contributed by atoms with E-state index in [0.717, 1.165) is 24.4 Å². The van der Waals surface area contributed by atoms with E-state index in [-0.39, 0.29) is 17.9 Å². The third kappa shape index (κ3) is 5.40. The zero-order valence-corrected chi connectivity index (χ0v) is 17.5. The highest BCUT2D eigenvalue weighted by atomic mass is 19.4. The number of alkyl halides is 3. The number of hydrogen-bond donors (Lipinski definition) is 2. The van der Waals surface area contributed by atoms with Gasteiger partial charge in [-0.05, 0) is 68.7 Å². The van der Waals surface area contributed by atoms with Crippen LogP contribution in [0.2, 0.25) is 0 Å². The van der Waals surface area contributed by atoms with Crippen LogP contribution >= 0.6 is 0 Å². The molecule has 0 bridgehead atoms. The van der Waals surface area contributed by atoms with Crippen LogP contribution in [0.4, 0.5) is 13.2 Å². The number of rotatable bonds is 6. The number of nitrogens with zero attached hydrogens (tertiary/aromatic N) is 1. The molecule has 1 aromatic rings. The molecule has 1 heterocycles. The Labute approximate surface area is 183 Å². The van der Waals surface area contributed by atoms with Crippen LogP contribution in [0.25, 0.3) is 0 Å². The van der Waals surface area contributed by atoms with E-state index < -0.39 is 30.0 Å². The molecule has 0 spiro atoms. The van der Waals surface area contributed by atoms with E-state index in [1.54, 1.807) is 12.1 Å². The second kappa shape index (κ2) is 9.09. The van der Waals surface area contributed by atoms with Crippen molar-refractivity contribution >= 4 is 17.8 Å². The summed E-state index contributed by atoms with van der Waals surface area (Å²) in [5.41, 5.74) is 0.957. The van der Waals surface area contributed by atoms with Crippen molar-refractivity contribution in [1.29, 1.82) is 0 Å². The van der Waals surface area contributed by atoms with Crippen molar-refractivity contribution in [2.45, 2.75) is 62.7 Å². The lowest BCUT2D eigenvalue weighted by Crippen LogP contribution is -2.51. The van der Waals surface area contributed by atoms with Crippen LogP contribution in [0.3, 0.4) is 0 Å². The summed E-state index contributed by atoms with van der Waals surface area (Å²) in [6.45, 7) is 1.31. The quantitative estimate of drug-likeness (QED) is 0.647. The fourth-order valence-corrected chi connectivity index (χ4v) is 3.99. The first-order valence-electron chi connectivity index (χ1n) is 11.0. The van der Waals surface area contributed by atoms with Crippen molar-refractivity contribution in [2.75, 3.05) is 13.1 Å². The van der Waals surface area contributed by atoms with Gasteiger partial charge in [-0.2, -0.15) is 18.2 Å². The molecule has 1 aromatic carbocycles.